The van der Waals surface area contributed by atoms with E-state index in [0.717, 1.165) is 52.0 Å². The van der Waals surface area contributed by atoms with E-state index in [0.29, 0.717) is 30.3 Å². The van der Waals surface area contributed by atoms with Crippen molar-refractivity contribution in [3.63, 3.8) is 0 Å². The number of halogens is 1. The average Bonchev–Trinajstić information content (AvgIpc) is 2.82. The summed E-state index contributed by atoms with van der Waals surface area (Å²) in [6.07, 6.45) is 3.40. The molecule has 0 bridgehead atoms. The number of hydrogen-bond donors (Lipinski definition) is 1. The van der Waals surface area contributed by atoms with Crippen LogP contribution in [0.3, 0.4) is 0 Å². The van der Waals surface area contributed by atoms with Gasteiger partial charge in [-0.05, 0) is 70.0 Å². The molecule has 0 saturated carbocycles. The number of hydrogen-bond acceptors (Lipinski definition) is 5. The number of piperidine rings is 1. The molecule has 1 N–H and O–H groups in total. The minimum atomic E-state index is -0.196. The topological polar surface area (TPSA) is 80.9 Å². The highest BCUT2D eigenvalue weighted by Gasteiger charge is 2.28. The molecule has 1 fully saturated rings. The molecule has 3 rings (SSSR count). The minimum Gasteiger partial charge on any atom is -0.618 e. The molecule has 0 radical (unpaired) electrons. The van der Waals surface area contributed by atoms with Crippen LogP contribution in [0, 0.1) is 25.0 Å². The van der Waals surface area contributed by atoms with E-state index in [9.17, 15) is 10.0 Å². The lowest BCUT2D eigenvalue weighted by molar-refractivity contribution is -0.612. The Morgan fingerprint density at radius 2 is 1.94 bits per heavy atom. The van der Waals surface area contributed by atoms with Gasteiger partial charge < -0.3 is 15.4 Å². The van der Waals surface area contributed by atoms with Crippen molar-refractivity contribution in [2.45, 2.75) is 46.6 Å². The molecule has 1 saturated heterocycles. The molecule has 1 unspecified atom stereocenters. The van der Waals surface area contributed by atoms with Crippen LogP contribution in [0.4, 0.5) is 0 Å². The monoisotopic (exact) mass is 516 g/mol. The van der Waals surface area contributed by atoms with Crippen molar-refractivity contribution >= 4 is 27.5 Å². The fourth-order valence-electron chi connectivity index (χ4n) is 4.30. The number of oxime groups is 1. The van der Waals surface area contributed by atoms with Gasteiger partial charge in [-0.2, -0.15) is 4.73 Å². The molecule has 33 heavy (non-hydrogen) atoms. The predicted octanol–water partition coefficient (Wildman–Crippen LogP) is 3.97. The maximum Gasteiger partial charge on any atom is 0.258 e. The van der Waals surface area contributed by atoms with E-state index >= 15 is 0 Å². The first-order valence-electron chi connectivity index (χ1n) is 11.5. The third-order valence-corrected chi connectivity index (χ3v) is 6.83. The van der Waals surface area contributed by atoms with E-state index in [1.54, 1.807) is 13.0 Å². The van der Waals surface area contributed by atoms with Gasteiger partial charge in [0.05, 0.1) is 5.71 Å². The van der Waals surface area contributed by atoms with E-state index in [2.05, 4.69) is 50.4 Å². The Hall–Kier alpha value is -2.45. The first kappa shape index (κ1) is 25.2. The van der Waals surface area contributed by atoms with Gasteiger partial charge in [0, 0.05) is 36.0 Å². The van der Waals surface area contributed by atoms with Gasteiger partial charge in [0.15, 0.2) is 6.20 Å². The normalized spacial score (nSPS) is 16.5. The van der Waals surface area contributed by atoms with Crippen molar-refractivity contribution < 1.29 is 14.4 Å². The van der Waals surface area contributed by atoms with Gasteiger partial charge in [-0.3, -0.25) is 9.69 Å². The molecule has 2 aromatic rings. The summed E-state index contributed by atoms with van der Waals surface area (Å²) in [5.41, 5.74) is 3.79. The second kappa shape index (κ2) is 11.6. The second-order valence-electron chi connectivity index (χ2n) is 8.56. The number of rotatable bonds is 8. The number of amides is 1. The highest BCUT2D eigenvalue weighted by Crippen LogP contribution is 2.25. The molecular formula is C25H33BrN4O3. The molecule has 8 heteroatoms. The fraction of sp³-hybridized carbons (Fsp3) is 0.480. The van der Waals surface area contributed by atoms with Gasteiger partial charge in [0.25, 0.3) is 5.91 Å². The minimum absolute atomic E-state index is 0.193. The summed E-state index contributed by atoms with van der Waals surface area (Å²) < 4.78 is 1.78. The number of aryl methyl sites for hydroxylation is 1. The summed E-state index contributed by atoms with van der Waals surface area (Å²) in [5.74, 6) is 0.135. The average molecular weight is 517 g/mol. The lowest BCUT2D eigenvalue weighted by Crippen LogP contribution is -2.47. The molecule has 1 amide bonds. The van der Waals surface area contributed by atoms with Crippen LogP contribution in [0.1, 0.15) is 53.9 Å². The van der Waals surface area contributed by atoms with E-state index in [1.807, 2.05) is 26.0 Å². The molecule has 0 spiro atoms. The van der Waals surface area contributed by atoms with Crippen LogP contribution < -0.4 is 10.0 Å². The van der Waals surface area contributed by atoms with E-state index in [4.69, 9.17) is 4.84 Å². The van der Waals surface area contributed by atoms with Crippen LogP contribution in [0.5, 0.6) is 0 Å². The number of carbonyl (C=O) groups is 1. The SMILES string of the molecule is CCO/N=C(/c1ccc(Br)cc1)C1CCN(C(C)CNC(=O)c2c(C)cc[n+]([O-])c2C)CC1. The third kappa shape index (κ3) is 6.32. The van der Waals surface area contributed by atoms with Crippen molar-refractivity contribution in [1.29, 1.82) is 0 Å². The van der Waals surface area contributed by atoms with Gasteiger partial charge in [0.1, 0.15) is 12.2 Å². The number of nitrogens with one attached hydrogen (secondary N) is 1. The number of carbonyl (C=O) groups excluding carboxylic acids is 1. The maximum absolute atomic E-state index is 12.7. The number of benzene rings is 1. The summed E-state index contributed by atoms with van der Waals surface area (Å²) in [6, 6.07) is 10.1. The predicted molar refractivity (Wildman–Crippen MR) is 133 cm³/mol. The number of nitrogens with zero attached hydrogens (tertiary/aromatic N) is 3. The Labute approximate surface area is 204 Å². The number of pyridine rings is 1. The zero-order valence-corrected chi connectivity index (χ0v) is 21.4. The molecule has 0 aliphatic carbocycles. The Morgan fingerprint density at radius 3 is 2.58 bits per heavy atom. The van der Waals surface area contributed by atoms with Crippen LogP contribution >= 0.6 is 15.9 Å². The van der Waals surface area contributed by atoms with Crippen molar-refractivity contribution in [3.05, 3.63) is 68.6 Å². The summed E-state index contributed by atoms with van der Waals surface area (Å²) >= 11 is 3.49. The van der Waals surface area contributed by atoms with Crippen LogP contribution in [-0.2, 0) is 4.84 Å². The smallest absolute Gasteiger partial charge is 0.258 e. The van der Waals surface area contributed by atoms with Gasteiger partial charge in [0.2, 0.25) is 5.69 Å². The highest BCUT2D eigenvalue weighted by molar-refractivity contribution is 9.10. The van der Waals surface area contributed by atoms with E-state index in [-0.39, 0.29) is 11.9 Å². The standard InChI is InChI=1S/C25H33BrN4O3/c1-5-33-28-24(20-6-8-22(26)9-7-20)21-11-13-29(14-12-21)18(3)16-27-25(31)23-17(2)10-15-30(32)19(23)4/h6-10,15,18,21H,5,11-14,16H2,1-4H3,(H,27,31)/b28-24-. The summed E-state index contributed by atoms with van der Waals surface area (Å²) in [5, 5.41) is 19.3. The van der Waals surface area contributed by atoms with Gasteiger partial charge in [-0.1, -0.05) is 33.2 Å². The zero-order valence-electron chi connectivity index (χ0n) is 19.8. The van der Waals surface area contributed by atoms with Crippen molar-refractivity contribution in [1.82, 2.24) is 10.2 Å². The Morgan fingerprint density at radius 1 is 1.27 bits per heavy atom. The molecule has 1 aromatic heterocycles. The van der Waals surface area contributed by atoms with Crippen LogP contribution in [0.15, 0.2) is 46.2 Å². The molecule has 178 valence electrons. The maximum atomic E-state index is 12.7. The van der Waals surface area contributed by atoms with Gasteiger partial charge in [-0.25, -0.2) is 0 Å². The number of likely N-dealkylation sites (tertiary alicyclic amines) is 1. The Bertz CT molecular complexity index is 986. The lowest BCUT2D eigenvalue weighted by atomic mass is 9.87. The van der Waals surface area contributed by atoms with Crippen LogP contribution in [-0.4, -0.2) is 48.8 Å². The van der Waals surface area contributed by atoms with E-state index in [1.165, 1.54) is 6.20 Å². The summed E-state index contributed by atoms with van der Waals surface area (Å²) in [4.78, 5) is 20.6. The van der Waals surface area contributed by atoms with Crippen molar-refractivity contribution in [2.24, 2.45) is 11.1 Å². The largest absolute Gasteiger partial charge is 0.618 e. The first-order valence-corrected chi connectivity index (χ1v) is 12.3. The quantitative estimate of drug-likeness (QED) is 0.249. The third-order valence-electron chi connectivity index (χ3n) is 6.30. The molecular weight excluding hydrogens is 484 g/mol. The van der Waals surface area contributed by atoms with E-state index < -0.39 is 0 Å². The summed E-state index contributed by atoms with van der Waals surface area (Å²) in [6.45, 7) is 10.5. The Kier molecular flexibility index (Phi) is 8.86. The second-order valence-corrected chi connectivity index (χ2v) is 9.47. The molecule has 2 heterocycles. The molecule has 1 aliphatic heterocycles. The lowest BCUT2D eigenvalue weighted by Gasteiger charge is -2.36. The van der Waals surface area contributed by atoms with Crippen molar-refractivity contribution in [2.75, 3.05) is 26.2 Å². The molecule has 7 nitrogen and oxygen atoms in total. The van der Waals surface area contributed by atoms with Crippen molar-refractivity contribution in [3.8, 4) is 0 Å². The number of aromatic nitrogens is 1. The van der Waals surface area contributed by atoms with Gasteiger partial charge in [-0.15, -0.1) is 0 Å². The summed E-state index contributed by atoms with van der Waals surface area (Å²) in [7, 11) is 0. The molecule has 1 aliphatic rings. The first-order chi connectivity index (χ1) is 15.8. The fourth-order valence-corrected chi connectivity index (χ4v) is 4.57. The van der Waals surface area contributed by atoms with Gasteiger partial charge >= 0.3 is 0 Å². The van der Waals surface area contributed by atoms with Crippen LogP contribution in [0.25, 0.3) is 0 Å². The molecule has 1 atom stereocenters. The van der Waals surface area contributed by atoms with Crippen LogP contribution in [0.2, 0.25) is 0 Å². The highest BCUT2D eigenvalue weighted by atomic mass is 79.9. The molecule has 1 aromatic carbocycles. The zero-order chi connectivity index (χ0) is 24.0. The Balaban J connectivity index is 1.58.